The molecule has 2 rings (SSSR count). The maximum atomic E-state index is 13.1. The molecule has 0 radical (unpaired) electrons. The number of ether oxygens (including phenoxy) is 1. The number of carbonyl (C=O) groups excluding carboxylic acids is 2. The molecule has 2 aromatic rings. The van der Waals surface area contributed by atoms with Crippen LogP contribution in [0, 0.1) is 6.92 Å². The predicted octanol–water partition coefficient (Wildman–Crippen LogP) is 4.49. The van der Waals surface area contributed by atoms with Crippen molar-refractivity contribution < 1.29 is 14.3 Å². The lowest BCUT2D eigenvalue weighted by atomic mass is 10.1. The van der Waals surface area contributed by atoms with Gasteiger partial charge in [-0.2, -0.15) is 0 Å². The Morgan fingerprint density at radius 2 is 1.70 bits per heavy atom. The summed E-state index contributed by atoms with van der Waals surface area (Å²) in [4.78, 5) is 27.6. The van der Waals surface area contributed by atoms with Gasteiger partial charge < -0.3 is 15.0 Å². The Balaban J connectivity index is 2.05. The number of hydrogen-bond donors (Lipinski definition) is 1. The summed E-state index contributed by atoms with van der Waals surface area (Å²) in [7, 11) is 0. The zero-order chi connectivity index (χ0) is 21.9. The van der Waals surface area contributed by atoms with Gasteiger partial charge in [0.15, 0.2) is 0 Å². The molecule has 162 valence electrons. The molecule has 0 aliphatic carbocycles. The van der Waals surface area contributed by atoms with E-state index in [0.717, 1.165) is 11.3 Å². The van der Waals surface area contributed by atoms with Gasteiger partial charge in [0.25, 0.3) is 0 Å². The van der Waals surface area contributed by atoms with Crippen LogP contribution in [0.1, 0.15) is 51.2 Å². The third-order valence-electron chi connectivity index (χ3n) is 4.84. The highest BCUT2D eigenvalue weighted by Crippen LogP contribution is 2.16. The molecule has 1 unspecified atom stereocenters. The van der Waals surface area contributed by atoms with E-state index >= 15 is 0 Å². The zero-order valence-electron chi connectivity index (χ0n) is 18.6. The van der Waals surface area contributed by atoms with Gasteiger partial charge in [0, 0.05) is 19.0 Å². The highest BCUT2D eigenvalue weighted by atomic mass is 16.5. The number of hydrogen-bond acceptors (Lipinski definition) is 3. The molecule has 0 aliphatic rings. The summed E-state index contributed by atoms with van der Waals surface area (Å²) in [6, 6.07) is 17.2. The normalized spacial score (nSPS) is 11.8. The van der Waals surface area contributed by atoms with Gasteiger partial charge >= 0.3 is 0 Å². The van der Waals surface area contributed by atoms with Crippen molar-refractivity contribution in [3.63, 3.8) is 0 Å². The molecule has 0 spiro atoms. The van der Waals surface area contributed by atoms with Gasteiger partial charge in [0.1, 0.15) is 11.8 Å². The van der Waals surface area contributed by atoms with Crippen molar-refractivity contribution in [3.8, 4) is 5.75 Å². The molecule has 0 fully saturated rings. The molecule has 1 atom stereocenters. The molecule has 0 aromatic heterocycles. The fourth-order valence-corrected chi connectivity index (χ4v) is 3.26. The summed E-state index contributed by atoms with van der Waals surface area (Å²) in [6.07, 6.45) is 1.50. The topological polar surface area (TPSA) is 58.6 Å². The molecular weight excluding hydrogens is 376 g/mol. The second-order valence-corrected chi connectivity index (χ2v) is 7.86. The Morgan fingerprint density at radius 3 is 2.30 bits per heavy atom. The molecule has 5 nitrogen and oxygen atoms in total. The molecule has 0 saturated carbocycles. The van der Waals surface area contributed by atoms with Gasteiger partial charge in [-0.3, -0.25) is 9.59 Å². The summed E-state index contributed by atoms with van der Waals surface area (Å²) in [5.41, 5.74) is 2.18. The van der Waals surface area contributed by atoms with Crippen LogP contribution >= 0.6 is 0 Å². The Bertz CT molecular complexity index is 788. The van der Waals surface area contributed by atoms with Crippen molar-refractivity contribution in [2.24, 2.45) is 0 Å². The van der Waals surface area contributed by atoms with Crippen molar-refractivity contribution in [2.45, 2.75) is 65.6 Å². The maximum absolute atomic E-state index is 13.1. The minimum Gasteiger partial charge on any atom is -0.494 e. The van der Waals surface area contributed by atoms with E-state index in [-0.39, 0.29) is 17.9 Å². The number of carbonyl (C=O) groups is 2. The van der Waals surface area contributed by atoms with Crippen LogP contribution < -0.4 is 10.1 Å². The largest absolute Gasteiger partial charge is 0.494 e. The van der Waals surface area contributed by atoms with Gasteiger partial charge in [-0.15, -0.1) is 0 Å². The second-order valence-electron chi connectivity index (χ2n) is 7.86. The number of benzene rings is 2. The molecule has 0 saturated heterocycles. The summed E-state index contributed by atoms with van der Waals surface area (Å²) < 4.78 is 5.70. The fourth-order valence-electron chi connectivity index (χ4n) is 3.26. The van der Waals surface area contributed by atoms with Crippen molar-refractivity contribution in [1.82, 2.24) is 10.2 Å². The lowest BCUT2D eigenvalue weighted by Gasteiger charge is -2.31. The summed E-state index contributed by atoms with van der Waals surface area (Å²) >= 11 is 0. The summed E-state index contributed by atoms with van der Waals surface area (Å²) in [5, 5.41) is 2.96. The van der Waals surface area contributed by atoms with Gasteiger partial charge in [0.05, 0.1) is 6.61 Å². The number of para-hydroxylation sites is 1. The van der Waals surface area contributed by atoms with E-state index in [1.165, 1.54) is 5.56 Å². The van der Waals surface area contributed by atoms with Gasteiger partial charge in [-0.25, -0.2) is 0 Å². The van der Waals surface area contributed by atoms with Gasteiger partial charge in [0.2, 0.25) is 11.8 Å². The van der Waals surface area contributed by atoms with Crippen LogP contribution in [0.4, 0.5) is 0 Å². The minimum atomic E-state index is -0.490. The van der Waals surface area contributed by atoms with E-state index in [9.17, 15) is 9.59 Å². The van der Waals surface area contributed by atoms with E-state index in [2.05, 4.69) is 5.32 Å². The van der Waals surface area contributed by atoms with Crippen LogP contribution in [0.2, 0.25) is 0 Å². The Kier molecular flexibility index (Phi) is 9.39. The monoisotopic (exact) mass is 410 g/mol. The molecule has 2 amide bonds. The molecule has 2 aromatic carbocycles. The van der Waals surface area contributed by atoms with Crippen LogP contribution in [0.25, 0.3) is 0 Å². The SMILES string of the molecule is CCC(C(=O)NC(C)C)N(Cc1ccc(C)cc1)C(=O)CCCOc1ccccc1. The van der Waals surface area contributed by atoms with Crippen molar-refractivity contribution in [1.29, 1.82) is 0 Å². The predicted molar refractivity (Wildman–Crippen MR) is 120 cm³/mol. The number of aryl methyl sites for hydroxylation is 1. The molecule has 5 heteroatoms. The molecule has 1 N–H and O–H groups in total. The highest BCUT2D eigenvalue weighted by Gasteiger charge is 2.28. The Hall–Kier alpha value is -2.82. The molecule has 0 heterocycles. The number of nitrogens with zero attached hydrogens (tertiary/aromatic N) is 1. The third-order valence-corrected chi connectivity index (χ3v) is 4.84. The average Bonchev–Trinajstić information content (AvgIpc) is 2.72. The van der Waals surface area contributed by atoms with Crippen LogP contribution in [-0.4, -0.2) is 35.4 Å². The highest BCUT2D eigenvalue weighted by molar-refractivity contribution is 5.87. The number of amides is 2. The zero-order valence-corrected chi connectivity index (χ0v) is 18.6. The quantitative estimate of drug-likeness (QED) is 0.556. The van der Waals surface area contributed by atoms with Gasteiger partial charge in [-0.05, 0) is 51.3 Å². The van der Waals surface area contributed by atoms with Crippen molar-refractivity contribution in [3.05, 3.63) is 65.7 Å². The lowest BCUT2D eigenvalue weighted by molar-refractivity contribution is -0.141. The summed E-state index contributed by atoms with van der Waals surface area (Å²) in [6.45, 7) is 8.71. The lowest BCUT2D eigenvalue weighted by Crippen LogP contribution is -2.50. The standard InChI is InChI=1S/C25H34N2O3/c1-5-23(25(29)26-19(2)3)27(18-21-15-13-20(4)14-16-21)24(28)12-9-17-30-22-10-7-6-8-11-22/h6-8,10-11,13-16,19,23H,5,9,12,17-18H2,1-4H3,(H,26,29). The van der Waals surface area contributed by atoms with Gasteiger partial charge in [-0.1, -0.05) is 55.0 Å². The van der Waals surface area contributed by atoms with E-state index < -0.39 is 6.04 Å². The minimum absolute atomic E-state index is 0.0296. The third kappa shape index (κ3) is 7.54. The average molecular weight is 411 g/mol. The van der Waals surface area contributed by atoms with E-state index in [1.54, 1.807) is 4.90 Å². The fraction of sp³-hybridized carbons (Fsp3) is 0.440. The van der Waals surface area contributed by atoms with E-state index in [4.69, 9.17) is 4.74 Å². The van der Waals surface area contributed by atoms with E-state index in [0.29, 0.717) is 32.4 Å². The first-order valence-corrected chi connectivity index (χ1v) is 10.7. The maximum Gasteiger partial charge on any atom is 0.243 e. The molecule has 0 aliphatic heterocycles. The van der Waals surface area contributed by atoms with Crippen LogP contribution in [0.15, 0.2) is 54.6 Å². The molecule has 0 bridgehead atoms. The van der Waals surface area contributed by atoms with E-state index in [1.807, 2.05) is 82.3 Å². The second kappa shape index (κ2) is 12.0. The van der Waals surface area contributed by atoms with Crippen molar-refractivity contribution >= 4 is 11.8 Å². The molecule has 30 heavy (non-hydrogen) atoms. The summed E-state index contributed by atoms with van der Waals surface area (Å²) in [5.74, 6) is 0.663. The van der Waals surface area contributed by atoms with Crippen LogP contribution in [-0.2, 0) is 16.1 Å². The van der Waals surface area contributed by atoms with Crippen LogP contribution in [0.3, 0.4) is 0 Å². The smallest absolute Gasteiger partial charge is 0.243 e. The number of nitrogens with one attached hydrogen (secondary N) is 1. The Labute approximate surface area is 180 Å². The van der Waals surface area contributed by atoms with Crippen molar-refractivity contribution in [2.75, 3.05) is 6.61 Å². The number of rotatable bonds is 11. The first kappa shape index (κ1) is 23.5. The first-order chi connectivity index (χ1) is 14.4. The molecular formula is C25H34N2O3. The van der Waals surface area contributed by atoms with Crippen LogP contribution in [0.5, 0.6) is 5.75 Å². The first-order valence-electron chi connectivity index (χ1n) is 10.7. The Morgan fingerprint density at radius 1 is 1.03 bits per heavy atom.